The van der Waals surface area contributed by atoms with Crippen LogP contribution >= 0.6 is 11.3 Å². The van der Waals surface area contributed by atoms with Crippen molar-refractivity contribution in [2.24, 2.45) is 0 Å². The number of aromatic nitrogens is 1. The van der Waals surface area contributed by atoms with Crippen molar-refractivity contribution in [3.05, 3.63) is 40.4 Å². The summed E-state index contributed by atoms with van der Waals surface area (Å²) in [4.78, 5) is 28.2. The molecule has 0 fully saturated rings. The van der Waals surface area contributed by atoms with E-state index in [0.717, 1.165) is 23.5 Å². The van der Waals surface area contributed by atoms with E-state index >= 15 is 0 Å². The number of hydrogen-bond acceptors (Lipinski definition) is 5. The molecule has 1 N–H and O–H groups in total. The first-order chi connectivity index (χ1) is 12.7. The molecule has 1 aromatic carbocycles. The first-order valence-corrected chi connectivity index (χ1v) is 9.13. The summed E-state index contributed by atoms with van der Waals surface area (Å²) < 4.78 is 42.7. The third-order valence-electron chi connectivity index (χ3n) is 3.61. The van der Waals surface area contributed by atoms with Crippen molar-refractivity contribution >= 4 is 23.2 Å². The van der Waals surface area contributed by atoms with Crippen LogP contribution in [0.1, 0.15) is 40.7 Å². The largest absolute Gasteiger partial charge is 0.466 e. The SMILES string of the molecule is CCOC(=O)CCCNC(=O)c1sc(-c2ccc(C(F)(F)F)cc2)nc1C. The van der Waals surface area contributed by atoms with E-state index in [2.05, 4.69) is 10.3 Å². The molecule has 0 aliphatic carbocycles. The summed E-state index contributed by atoms with van der Waals surface area (Å²) in [7, 11) is 0. The molecule has 0 saturated carbocycles. The van der Waals surface area contributed by atoms with Crippen LogP contribution in [0, 0.1) is 6.92 Å². The molecule has 146 valence electrons. The van der Waals surface area contributed by atoms with E-state index in [9.17, 15) is 22.8 Å². The second-order valence-corrected chi connectivity index (χ2v) is 6.67. The number of halogens is 3. The second kappa shape index (κ2) is 8.98. The summed E-state index contributed by atoms with van der Waals surface area (Å²) in [6.07, 6.45) is -3.73. The maximum atomic E-state index is 12.6. The molecule has 0 bridgehead atoms. The van der Waals surface area contributed by atoms with Gasteiger partial charge in [-0.2, -0.15) is 13.2 Å². The summed E-state index contributed by atoms with van der Waals surface area (Å²) >= 11 is 1.11. The Morgan fingerprint density at radius 2 is 1.89 bits per heavy atom. The van der Waals surface area contributed by atoms with Crippen LogP contribution in [-0.2, 0) is 15.7 Å². The smallest absolute Gasteiger partial charge is 0.416 e. The number of benzene rings is 1. The Hall–Kier alpha value is -2.42. The van der Waals surface area contributed by atoms with Gasteiger partial charge in [0.15, 0.2) is 0 Å². The molecule has 0 radical (unpaired) electrons. The van der Waals surface area contributed by atoms with Crippen LogP contribution < -0.4 is 5.32 Å². The van der Waals surface area contributed by atoms with Crippen LogP contribution in [0.4, 0.5) is 13.2 Å². The van der Waals surface area contributed by atoms with Crippen molar-refractivity contribution in [3.8, 4) is 10.6 Å². The number of esters is 1. The van der Waals surface area contributed by atoms with Gasteiger partial charge in [0.25, 0.3) is 5.91 Å². The molecule has 5 nitrogen and oxygen atoms in total. The molecule has 0 unspecified atom stereocenters. The highest BCUT2D eigenvalue weighted by molar-refractivity contribution is 7.17. The van der Waals surface area contributed by atoms with Gasteiger partial charge in [-0.3, -0.25) is 9.59 Å². The molecular formula is C18H19F3N2O3S. The fraction of sp³-hybridized carbons (Fsp3) is 0.389. The lowest BCUT2D eigenvalue weighted by molar-refractivity contribution is -0.143. The normalized spacial score (nSPS) is 11.3. The Bertz CT molecular complexity index is 801. The van der Waals surface area contributed by atoms with Gasteiger partial charge in [-0.05, 0) is 32.4 Å². The lowest BCUT2D eigenvalue weighted by Crippen LogP contribution is -2.24. The maximum Gasteiger partial charge on any atom is 0.416 e. The highest BCUT2D eigenvalue weighted by Gasteiger charge is 2.30. The second-order valence-electron chi connectivity index (χ2n) is 5.67. The number of amides is 1. The van der Waals surface area contributed by atoms with Crippen molar-refractivity contribution in [1.29, 1.82) is 0 Å². The fourth-order valence-corrected chi connectivity index (χ4v) is 3.27. The van der Waals surface area contributed by atoms with Gasteiger partial charge in [0.05, 0.1) is 17.9 Å². The van der Waals surface area contributed by atoms with Crippen LogP contribution in [0.15, 0.2) is 24.3 Å². The molecule has 27 heavy (non-hydrogen) atoms. The number of nitrogens with one attached hydrogen (secondary N) is 1. The Morgan fingerprint density at radius 1 is 1.22 bits per heavy atom. The number of nitrogens with zero attached hydrogens (tertiary/aromatic N) is 1. The van der Waals surface area contributed by atoms with Crippen LogP contribution in [0.5, 0.6) is 0 Å². The number of aryl methyl sites for hydroxylation is 1. The monoisotopic (exact) mass is 400 g/mol. The average Bonchev–Trinajstić information content (AvgIpc) is 3.00. The lowest BCUT2D eigenvalue weighted by Gasteiger charge is -2.06. The minimum Gasteiger partial charge on any atom is -0.466 e. The molecule has 0 atom stereocenters. The average molecular weight is 400 g/mol. The third-order valence-corrected chi connectivity index (χ3v) is 4.82. The number of carbonyl (C=O) groups is 2. The summed E-state index contributed by atoms with van der Waals surface area (Å²) in [5, 5.41) is 3.18. The number of ether oxygens (including phenoxy) is 1. The number of thiazole rings is 1. The molecule has 2 aromatic rings. The van der Waals surface area contributed by atoms with E-state index in [1.807, 2.05) is 0 Å². The molecule has 9 heteroatoms. The summed E-state index contributed by atoms with van der Waals surface area (Å²) in [5.41, 5.74) is 0.273. The number of rotatable bonds is 7. The van der Waals surface area contributed by atoms with Gasteiger partial charge in [0.2, 0.25) is 0 Å². The minimum absolute atomic E-state index is 0.215. The summed E-state index contributed by atoms with van der Waals surface area (Å²) in [5.74, 6) is -0.641. The van der Waals surface area contributed by atoms with E-state index in [1.165, 1.54) is 12.1 Å². The van der Waals surface area contributed by atoms with Crippen molar-refractivity contribution in [1.82, 2.24) is 10.3 Å². The zero-order valence-electron chi connectivity index (χ0n) is 14.9. The molecular weight excluding hydrogens is 381 g/mol. The van der Waals surface area contributed by atoms with Gasteiger partial charge in [0.1, 0.15) is 9.88 Å². The molecule has 0 aliphatic rings. The maximum absolute atomic E-state index is 12.6. The quantitative estimate of drug-likeness (QED) is 0.558. The van der Waals surface area contributed by atoms with E-state index in [0.29, 0.717) is 40.7 Å². The van der Waals surface area contributed by atoms with Gasteiger partial charge in [-0.1, -0.05) is 12.1 Å². The van der Waals surface area contributed by atoms with Crippen LogP contribution in [0.25, 0.3) is 10.6 Å². The predicted octanol–water partition coefficient (Wildman–Crippen LogP) is 4.21. The zero-order valence-corrected chi connectivity index (χ0v) is 15.7. The van der Waals surface area contributed by atoms with Crippen LogP contribution in [0.2, 0.25) is 0 Å². The number of hydrogen-bond donors (Lipinski definition) is 1. The first-order valence-electron chi connectivity index (χ1n) is 8.31. The zero-order chi connectivity index (χ0) is 20.0. The predicted molar refractivity (Wildman–Crippen MR) is 95.5 cm³/mol. The number of alkyl halides is 3. The summed E-state index contributed by atoms with van der Waals surface area (Å²) in [6, 6.07) is 4.65. The van der Waals surface area contributed by atoms with Crippen LogP contribution in [0.3, 0.4) is 0 Å². The third kappa shape index (κ3) is 5.78. The van der Waals surface area contributed by atoms with E-state index < -0.39 is 11.7 Å². The van der Waals surface area contributed by atoms with E-state index in [1.54, 1.807) is 13.8 Å². The Balaban J connectivity index is 1.99. The lowest BCUT2D eigenvalue weighted by atomic mass is 10.1. The molecule has 0 spiro atoms. The highest BCUT2D eigenvalue weighted by atomic mass is 32.1. The fourth-order valence-electron chi connectivity index (χ4n) is 2.28. The van der Waals surface area contributed by atoms with Gasteiger partial charge >= 0.3 is 12.1 Å². The van der Waals surface area contributed by atoms with Gasteiger partial charge in [-0.25, -0.2) is 4.98 Å². The van der Waals surface area contributed by atoms with E-state index in [-0.39, 0.29) is 18.3 Å². The van der Waals surface area contributed by atoms with Gasteiger partial charge in [-0.15, -0.1) is 11.3 Å². The van der Waals surface area contributed by atoms with Gasteiger partial charge in [0, 0.05) is 18.5 Å². The molecule has 0 aliphatic heterocycles. The Kier molecular flexibility index (Phi) is 6.95. The van der Waals surface area contributed by atoms with Crippen molar-refractivity contribution in [2.75, 3.05) is 13.2 Å². The molecule has 1 amide bonds. The van der Waals surface area contributed by atoms with Gasteiger partial charge < -0.3 is 10.1 Å². The van der Waals surface area contributed by atoms with Crippen molar-refractivity contribution in [2.45, 2.75) is 32.9 Å². The summed E-state index contributed by atoms with van der Waals surface area (Å²) in [6.45, 7) is 4.01. The van der Waals surface area contributed by atoms with Crippen molar-refractivity contribution in [3.63, 3.8) is 0 Å². The molecule has 1 aromatic heterocycles. The topological polar surface area (TPSA) is 68.3 Å². The Morgan fingerprint density at radius 3 is 2.48 bits per heavy atom. The van der Waals surface area contributed by atoms with E-state index in [4.69, 9.17) is 4.74 Å². The highest BCUT2D eigenvalue weighted by Crippen LogP contribution is 2.32. The molecule has 1 heterocycles. The first kappa shape index (κ1) is 20.9. The molecule has 2 rings (SSSR count). The van der Waals surface area contributed by atoms with Crippen molar-refractivity contribution < 1.29 is 27.5 Å². The Labute approximate surface area is 158 Å². The van der Waals surface area contributed by atoms with Crippen LogP contribution in [-0.4, -0.2) is 30.0 Å². The minimum atomic E-state index is -4.40. The molecule has 0 saturated heterocycles. The number of carbonyl (C=O) groups excluding carboxylic acids is 2. The standard InChI is InChI=1S/C18H19F3N2O3S/c1-3-26-14(24)5-4-10-22-16(25)15-11(2)23-17(27-15)12-6-8-13(9-7-12)18(19,20)21/h6-9H,3-5,10H2,1-2H3,(H,22,25).